The largest absolute Gasteiger partial charge is 0.333 e. The lowest BCUT2D eigenvalue weighted by molar-refractivity contribution is -0.134. The third kappa shape index (κ3) is 3.21. The van der Waals surface area contributed by atoms with Crippen LogP contribution in [0.5, 0.6) is 0 Å². The lowest BCUT2D eigenvalue weighted by atomic mass is 10.0. The quantitative estimate of drug-likeness (QED) is 0.870. The van der Waals surface area contributed by atoms with Gasteiger partial charge in [-0.15, -0.1) is 11.3 Å². The van der Waals surface area contributed by atoms with Crippen LogP contribution in [0.4, 0.5) is 0 Å². The van der Waals surface area contributed by atoms with E-state index < -0.39 is 0 Å². The van der Waals surface area contributed by atoms with Crippen molar-refractivity contribution in [2.24, 2.45) is 0 Å². The van der Waals surface area contributed by atoms with Crippen LogP contribution >= 0.6 is 11.3 Å². The number of likely N-dealkylation sites (tertiary alicyclic amines) is 1. The van der Waals surface area contributed by atoms with Crippen LogP contribution in [0.3, 0.4) is 0 Å². The second kappa shape index (κ2) is 6.60. The number of aromatic nitrogens is 3. The van der Waals surface area contributed by atoms with Gasteiger partial charge in [0, 0.05) is 30.4 Å². The van der Waals surface area contributed by atoms with E-state index in [4.69, 9.17) is 0 Å². The van der Waals surface area contributed by atoms with E-state index in [-0.39, 0.29) is 11.9 Å². The first-order valence-electron chi connectivity index (χ1n) is 7.88. The van der Waals surface area contributed by atoms with E-state index in [2.05, 4.69) is 23.9 Å². The van der Waals surface area contributed by atoms with Gasteiger partial charge in [0.1, 0.15) is 5.01 Å². The Kier molecular flexibility index (Phi) is 4.57. The highest BCUT2D eigenvalue weighted by Crippen LogP contribution is 2.32. The summed E-state index contributed by atoms with van der Waals surface area (Å²) < 4.78 is 1.90. The van der Waals surface area contributed by atoms with Crippen LogP contribution in [-0.2, 0) is 11.2 Å². The zero-order chi connectivity index (χ0) is 15.5. The van der Waals surface area contributed by atoms with E-state index >= 15 is 0 Å². The van der Waals surface area contributed by atoms with Gasteiger partial charge in [0.25, 0.3) is 0 Å². The van der Waals surface area contributed by atoms with Crippen molar-refractivity contribution in [1.29, 1.82) is 0 Å². The molecule has 0 aromatic carbocycles. The SMILES string of the molecule is CC(C)n1ccc(CC(=O)N2CCCCC2c2nccs2)n1. The van der Waals surface area contributed by atoms with E-state index in [0.717, 1.165) is 36.5 Å². The molecule has 0 radical (unpaired) electrons. The maximum absolute atomic E-state index is 12.7. The first kappa shape index (κ1) is 15.2. The minimum absolute atomic E-state index is 0.147. The number of rotatable bonds is 4. The highest BCUT2D eigenvalue weighted by molar-refractivity contribution is 7.09. The number of thiazole rings is 1. The van der Waals surface area contributed by atoms with Gasteiger partial charge in [-0.05, 0) is 39.2 Å². The fraction of sp³-hybridized carbons (Fsp3) is 0.562. The van der Waals surface area contributed by atoms with Crippen molar-refractivity contribution in [3.8, 4) is 0 Å². The molecular weight excluding hydrogens is 296 g/mol. The van der Waals surface area contributed by atoms with Crippen molar-refractivity contribution in [2.45, 2.75) is 51.6 Å². The van der Waals surface area contributed by atoms with Crippen molar-refractivity contribution < 1.29 is 4.79 Å². The van der Waals surface area contributed by atoms with Gasteiger partial charge in [0.15, 0.2) is 0 Å². The third-order valence-corrected chi connectivity index (χ3v) is 4.96. The Hall–Kier alpha value is -1.69. The molecule has 2 aromatic rings. The molecule has 3 rings (SSSR count). The average Bonchev–Trinajstić information content (AvgIpc) is 3.18. The average molecular weight is 318 g/mol. The minimum atomic E-state index is 0.147. The second-order valence-corrected chi connectivity index (χ2v) is 6.95. The molecule has 6 heteroatoms. The number of nitrogens with zero attached hydrogens (tertiary/aromatic N) is 4. The summed E-state index contributed by atoms with van der Waals surface area (Å²) in [4.78, 5) is 19.1. The van der Waals surface area contributed by atoms with Gasteiger partial charge < -0.3 is 4.90 Å². The highest BCUT2D eigenvalue weighted by atomic mass is 32.1. The summed E-state index contributed by atoms with van der Waals surface area (Å²) >= 11 is 1.64. The molecule has 22 heavy (non-hydrogen) atoms. The molecule has 0 spiro atoms. The first-order chi connectivity index (χ1) is 10.6. The highest BCUT2D eigenvalue weighted by Gasteiger charge is 2.29. The van der Waals surface area contributed by atoms with Gasteiger partial charge in [-0.25, -0.2) is 4.98 Å². The monoisotopic (exact) mass is 318 g/mol. The molecule has 118 valence electrons. The Morgan fingerprint density at radius 1 is 1.45 bits per heavy atom. The van der Waals surface area contributed by atoms with Crippen LogP contribution in [0.2, 0.25) is 0 Å². The normalized spacial score (nSPS) is 18.9. The van der Waals surface area contributed by atoms with Gasteiger partial charge in [0.2, 0.25) is 5.91 Å². The van der Waals surface area contributed by atoms with Gasteiger partial charge >= 0.3 is 0 Å². The van der Waals surface area contributed by atoms with Gasteiger partial charge in [-0.1, -0.05) is 0 Å². The first-order valence-corrected chi connectivity index (χ1v) is 8.76. The standard InChI is InChI=1S/C16H22N4OS/c1-12(2)20-9-6-13(18-20)11-15(21)19-8-4-3-5-14(19)16-17-7-10-22-16/h6-7,9-10,12,14H,3-5,8,11H2,1-2H3. The Labute approximate surface area is 135 Å². The Morgan fingerprint density at radius 3 is 3.00 bits per heavy atom. The molecule has 5 nitrogen and oxygen atoms in total. The van der Waals surface area contributed by atoms with Crippen LogP contribution < -0.4 is 0 Å². The number of piperidine rings is 1. The number of carbonyl (C=O) groups excluding carboxylic acids is 1. The summed E-state index contributed by atoms with van der Waals surface area (Å²) in [7, 11) is 0. The molecule has 3 heterocycles. The van der Waals surface area contributed by atoms with Gasteiger partial charge in [-0.2, -0.15) is 5.10 Å². The van der Waals surface area contributed by atoms with Crippen LogP contribution in [0.15, 0.2) is 23.8 Å². The fourth-order valence-electron chi connectivity index (χ4n) is 2.90. The molecule has 1 fully saturated rings. The number of hydrogen-bond donors (Lipinski definition) is 0. The van der Waals surface area contributed by atoms with E-state index in [9.17, 15) is 4.79 Å². The lowest BCUT2D eigenvalue weighted by Crippen LogP contribution is -2.39. The summed E-state index contributed by atoms with van der Waals surface area (Å²) in [5.74, 6) is 0.161. The summed E-state index contributed by atoms with van der Waals surface area (Å²) in [6.07, 6.45) is 7.40. The maximum Gasteiger partial charge on any atom is 0.229 e. The number of carbonyl (C=O) groups is 1. The molecule has 0 aliphatic carbocycles. The summed E-state index contributed by atoms with van der Waals surface area (Å²) in [5.41, 5.74) is 0.849. The molecule has 1 aliphatic heterocycles. The second-order valence-electron chi connectivity index (χ2n) is 6.03. The van der Waals surface area contributed by atoms with Gasteiger partial charge in [-0.3, -0.25) is 9.48 Å². The molecule has 1 atom stereocenters. The smallest absolute Gasteiger partial charge is 0.229 e. The summed E-state index contributed by atoms with van der Waals surface area (Å²) in [5, 5.41) is 7.53. The van der Waals surface area contributed by atoms with E-state index in [1.165, 1.54) is 0 Å². The topological polar surface area (TPSA) is 51.0 Å². The van der Waals surface area contributed by atoms with E-state index in [0.29, 0.717) is 12.5 Å². The van der Waals surface area contributed by atoms with Crippen molar-refractivity contribution >= 4 is 17.2 Å². The van der Waals surface area contributed by atoms with Crippen molar-refractivity contribution in [3.63, 3.8) is 0 Å². The Bertz CT molecular complexity index is 620. The minimum Gasteiger partial charge on any atom is -0.333 e. The van der Waals surface area contributed by atoms with Crippen molar-refractivity contribution in [1.82, 2.24) is 19.7 Å². The zero-order valence-corrected chi connectivity index (χ0v) is 13.9. The molecule has 2 aromatic heterocycles. The maximum atomic E-state index is 12.7. The van der Waals surface area contributed by atoms with Crippen LogP contribution in [0.25, 0.3) is 0 Å². The van der Waals surface area contributed by atoms with Crippen molar-refractivity contribution in [3.05, 3.63) is 34.5 Å². The summed E-state index contributed by atoms with van der Waals surface area (Å²) in [6, 6.07) is 2.41. The summed E-state index contributed by atoms with van der Waals surface area (Å²) in [6.45, 7) is 5.00. The molecule has 1 aliphatic rings. The molecular formula is C16H22N4OS. The Morgan fingerprint density at radius 2 is 2.32 bits per heavy atom. The Balaban J connectivity index is 1.71. The number of hydrogen-bond acceptors (Lipinski definition) is 4. The fourth-order valence-corrected chi connectivity index (χ4v) is 3.69. The molecule has 0 saturated carbocycles. The predicted molar refractivity (Wildman–Crippen MR) is 86.7 cm³/mol. The van der Waals surface area contributed by atoms with E-state index in [1.807, 2.05) is 33.4 Å². The predicted octanol–water partition coefficient (Wildman–Crippen LogP) is 3.22. The van der Waals surface area contributed by atoms with Crippen LogP contribution in [0.1, 0.15) is 55.9 Å². The van der Waals surface area contributed by atoms with Crippen LogP contribution in [0, 0.1) is 0 Å². The molecule has 1 saturated heterocycles. The van der Waals surface area contributed by atoms with Crippen molar-refractivity contribution in [2.75, 3.05) is 6.54 Å². The molecule has 0 N–H and O–H groups in total. The van der Waals surface area contributed by atoms with E-state index in [1.54, 1.807) is 11.3 Å². The lowest BCUT2D eigenvalue weighted by Gasteiger charge is -2.34. The molecule has 1 unspecified atom stereocenters. The molecule has 0 bridgehead atoms. The zero-order valence-electron chi connectivity index (χ0n) is 13.1. The third-order valence-electron chi connectivity index (χ3n) is 4.08. The number of amides is 1. The van der Waals surface area contributed by atoms with Crippen LogP contribution in [-0.4, -0.2) is 32.1 Å². The van der Waals surface area contributed by atoms with Gasteiger partial charge in [0.05, 0.1) is 18.2 Å². The molecule has 1 amide bonds.